The third kappa shape index (κ3) is 4.81. The van der Waals surface area contributed by atoms with Gasteiger partial charge in [-0.2, -0.15) is 5.26 Å². The van der Waals surface area contributed by atoms with E-state index >= 15 is 0 Å². The molecule has 124 valence electrons. The fourth-order valence-electron chi connectivity index (χ4n) is 2.05. The van der Waals surface area contributed by atoms with Crippen molar-refractivity contribution in [3.8, 4) is 11.8 Å². The Hall–Kier alpha value is -2.88. The van der Waals surface area contributed by atoms with Gasteiger partial charge in [0.2, 0.25) is 0 Å². The molecule has 0 aliphatic rings. The lowest BCUT2D eigenvalue weighted by Crippen LogP contribution is -2.28. The number of benzene rings is 2. The van der Waals surface area contributed by atoms with Crippen molar-refractivity contribution in [2.45, 2.75) is 6.10 Å². The van der Waals surface area contributed by atoms with E-state index in [2.05, 4.69) is 5.32 Å². The van der Waals surface area contributed by atoms with Crippen molar-refractivity contribution >= 4 is 5.91 Å². The summed E-state index contributed by atoms with van der Waals surface area (Å²) in [6.07, 6.45) is -1.00. The van der Waals surface area contributed by atoms with Crippen LogP contribution in [0.2, 0.25) is 0 Å². The van der Waals surface area contributed by atoms with E-state index in [4.69, 9.17) is 15.1 Å². The first-order chi connectivity index (χ1) is 11.6. The summed E-state index contributed by atoms with van der Waals surface area (Å²) in [5.74, 6) is 0.335. The average molecular weight is 326 g/mol. The highest BCUT2D eigenvalue weighted by molar-refractivity contribution is 5.94. The quantitative estimate of drug-likeness (QED) is 0.667. The van der Waals surface area contributed by atoms with Gasteiger partial charge in [-0.15, -0.1) is 0 Å². The normalized spacial score (nSPS) is 11.4. The van der Waals surface area contributed by atoms with Crippen LogP contribution in [0.15, 0.2) is 48.5 Å². The van der Waals surface area contributed by atoms with Gasteiger partial charge in [0.05, 0.1) is 24.8 Å². The van der Waals surface area contributed by atoms with Gasteiger partial charge in [0.1, 0.15) is 18.5 Å². The van der Waals surface area contributed by atoms with Crippen molar-refractivity contribution in [2.75, 3.05) is 19.8 Å². The number of nitrogens with one attached hydrogen (secondary N) is 1. The van der Waals surface area contributed by atoms with E-state index in [9.17, 15) is 9.90 Å². The molecule has 3 N–H and O–H groups in total. The number of aliphatic hydroxyl groups is 2. The maximum atomic E-state index is 12.1. The first-order valence-corrected chi connectivity index (χ1v) is 7.44. The van der Waals surface area contributed by atoms with Crippen molar-refractivity contribution in [1.82, 2.24) is 5.32 Å². The van der Waals surface area contributed by atoms with Crippen LogP contribution >= 0.6 is 0 Å². The Morgan fingerprint density at radius 2 is 2.00 bits per heavy atom. The molecule has 2 aromatic carbocycles. The van der Waals surface area contributed by atoms with Crippen molar-refractivity contribution in [1.29, 1.82) is 5.26 Å². The van der Waals surface area contributed by atoms with Crippen LogP contribution < -0.4 is 10.1 Å². The number of carbonyl (C=O) groups is 1. The highest BCUT2D eigenvalue weighted by atomic mass is 16.5. The summed E-state index contributed by atoms with van der Waals surface area (Å²) in [7, 11) is 0. The Kier molecular flexibility index (Phi) is 6.32. The molecule has 2 aromatic rings. The van der Waals surface area contributed by atoms with Gasteiger partial charge in [-0.05, 0) is 42.0 Å². The molecule has 1 amide bonds. The number of nitriles is 1. The number of carbonyl (C=O) groups excluding carboxylic acids is 1. The molecular formula is C18H18N2O4. The molecule has 2 rings (SSSR count). The lowest BCUT2D eigenvalue weighted by Gasteiger charge is -2.10. The largest absolute Gasteiger partial charge is 0.492 e. The van der Waals surface area contributed by atoms with Gasteiger partial charge in [-0.3, -0.25) is 4.79 Å². The summed E-state index contributed by atoms with van der Waals surface area (Å²) < 4.78 is 5.47. The minimum absolute atomic E-state index is 0.287. The van der Waals surface area contributed by atoms with Crippen molar-refractivity contribution in [2.24, 2.45) is 0 Å². The first kappa shape index (κ1) is 17.5. The third-order valence-corrected chi connectivity index (χ3v) is 3.35. The number of ether oxygens (including phenoxy) is 1. The summed E-state index contributed by atoms with van der Waals surface area (Å²) in [6, 6.07) is 15.2. The van der Waals surface area contributed by atoms with Gasteiger partial charge in [-0.25, -0.2) is 0 Å². The molecule has 0 bridgehead atoms. The minimum Gasteiger partial charge on any atom is -0.492 e. The van der Waals surface area contributed by atoms with Crippen LogP contribution in [-0.2, 0) is 0 Å². The predicted octanol–water partition coefficient (Wildman–Crippen LogP) is 1.39. The van der Waals surface area contributed by atoms with Gasteiger partial charge in [-0.1, -0.05) is 12.1 Å². The summed E-state index contributed by atoms with van der Waals surface area (Å²) >= 11 is 0. The maximum Gasteiger partial charge on any atom is 0.251 e. The van der Waals surface area contributed by atoms with Crippen LogP contribution in [-0.4, -0.2) is 35.9 Å². The maximum absolute atomic E-state index is 12.1. The molecule has 0 heterocycles. The highest BCUT2D eigenvalue weighted by Crippen LogP contribution is 2.14. The zero-order chi connectivity index (χ0) is 17.4. The van der Waals surface area contributed by atoms with E-state index < -0.39 is 12.7 Å². The molecule has 0 saturated carbocycles. The smallest absolute Gasteiger partial charge is 0.251 e. The second kappa shape index (κ2) is 8.67. The van der Waals surface area contributed by atoms with Crippen molar-refractivity contribution < 1.29 is 19.7 Å². The molecule has 24 heavy (non-hydrogen) atoms. The summed E-state index contributed by atoms with van der Waals surface area (Å²) in [6.45, 7) is 0.200. The number of aliphatic hydroxyl groups excluding tert-OH is 2. The molecule has 6 heteroatoms. The molecule has 0 saturated heterocycles. The predicted molar refractivity (Wildman–Crippen MR) is 87.5 cm³/mol. The number of amides is 1. The Morgan fingerprint density at radius 3 is 2.67 bits per heavy atom. The van der Waals surface area contributed by atoms with E-state index in [1.807, 2.05) is 6.07 Å². The zero-order valence-corrected chi connectivity index (χ0v) is 13.0. The van der Waals surface area contributed by atoms with Crippen LogP contribution in [0.5, 0.6) is 5.75 Å². The van der Waals surface area contributed by atoms with Crippen LogP contribution in [0.4, 0.5) is 0 Å². The number of hydrogen-bond donors (Lipinski definition) is 3. The van der Waals surface area contributed by atoms with Crippen LogP contribution in [0, 0.1) is 11.3 Å². The third-order valence-electron chi connectivity index (χ3n) is 3.35. The summed E-state index contributed by atoms with van der Waals surface area (Å²) in [5, 5.41) is 30.0. The van der Waals surface area contributed by atoms with Crippen molar-refractivity contribution in [3.63, 3.8) is 0 Å². The monoisotopic (exact) mass is 326 g/mol. The van der Waals surface area contributed by atoms with Gasteiger partial charge in [0.25, 0.3) is 5.91 Å². The molecule has 0 aliphatic carbocycles. The second-order valence-electron chi connectivity index (χ2n) is 5.06. The molecular weight excluding hydrogens is 308 g/mol. The molecule has 6 nitrogen and oxygen atoms in total. The summed E-state index contributed by atoms with van der Waals surface area (Å²) in [4.78, 5) is 12.1. The van der Waals surface area contributed by atoms with Gasteiger partial charge in [0, 0.05) is 5.56 Å². The Bertz CT molecular complexity index is 723. The molecule has 1 unspecified atom stereocenters. The van der Waals surface area contributed by atoms with Gasteiger partial charge < -0.3 is 20.3 Å². The van der Waals surface area contributed by atoms with E-state index in [1.54, 1.807) is 42.5 Å². The number of nitrogens with zero attached hydrogens (tertiary/aromatic N) is 1. The molecule has 0 spiro atoms. The van der Waals surface area contributed by atoms with Crippen LogP contribution in [0.25, 0.3) is 0 Å². The lowest BCUT2D eigenvalue weighted by molar-refractivity contribution is 0.0932. The van der Waals surface area contributed by atoms with Crippen LogP contribution in [0.3, 0.4) is 0 Å². The zero-order valence-electron chi connectivity index (χ0n) is 13.0. The van der Waals surface area contributed by atoms with E-state index in [1.165, 1.54) is 6.07 Å². The molecule has 1 atom stereocenters. The number of hydrogen-bond acceptors (Lipinski definition) is 5. The highest BCUT2D eigenvalue weighted by Gasteiger charge is 2.10. The molecule has 0 aliphatic heterocycles. The lowest BCUT2D eigenvalue weighted by atomic mass is 10.1. The summed E-state index contributed by atoms with van der Waals surface area (Å²) in [5.41, 5.74) is 1.44. The van der Waals surface area contributed by atoms with E-state index in [0.717, 1.165) is 0 Å². The SMILES string of the molecule is N#Cc1ccc(OCCNC(=O)c2cccc(C(O)CO)c2)cc1. The fraction of sp³-hybridized carbons (Fsp3) is 0.222. The van der Waals surface area contributed by atoms with Crippen LogP contribution in [0.1, 0.15) is 27.6 Å². The molecule has 0 radical (unpaired) electrons. The van der Waals surface area contributed by atoms with Crippen molar-refractivity contribution in [3.05, 3.63) is 65.2 Å². The standard InChI is InChI=1S/C18H18N2O4/c19-11-13-4-6-16(7-5-13)24-9-8-20-18(23)15-3-1-2-14(10-15)17(22)12-21/h1-7,10,17,21-22H,8-9,12H2,(H,20,23). The second-order valence-corrected chi connectivity index (χ2v) is 5.06. The average Bonchev–Trinajstić information content (AvgIpc) is 2.65. The Balaban J connectivity index is 1.81. The van der Waals surface area contributed by atoms with Gasteiger partial charge >= 0.3 is 0 Å². The Morgan fingerprint density at radius 1 is 1.25 bits per heavy atom. The fourth-order valence-corrected chi connectivity index (χ4v) is 2.05. The Labute approximate surface area is 139 Å². The van der Waals surface area contributed by atoms with E-state index in [-0.39, 0.29) is 12.5 Å². The van der Waals surface area contributed by atoms with E-state index in [0.29, 0.717) is 29.0 Å². The minimum atomic E-state index is -1.00. The number of rotatable bonds is 7. The van der Waals surface area contributed by atoms with Gasteiger partial charge in [0.15, 0.2) is 0 Å². The first-order valence-electron chi connectivity index (χ1n) is 7.44. The molecule has 0 fully saturated rings. The molecule has 0 aromatic heterocycles. The topological polar surface area (TPSA) is 103 Å².